The lowest BCUT2D eigenvalue weighted by atomic mass is 10.2. The van der Waals surface area contributed by atoms with Crippen LogP contribution in [0, 0.1) is 27.7 Å². The van der Waals surface area contributed by atoms with Crippen molar-refractivity contribution in [2.75, 3.05) is 13.1 Å². The molecule has 0 spiro atoms. The third-order valence-electron chi connectivity index (χ3n) is 5.71. The first kappa shape index (κ1) is 22.9. The van der Waals surface area contributed by atoms with Crippen LogP contribution in [0.25, 0.3) is 0 Å². The number of piperazine rings is 1. The predicted molar refractivity (Wildman–Crippen MR) is 119 cm³/mol. The van der Waals surface area contributed by atoms with E-state index in [0.717, 1.165) is 11.1 Å². The van der Waals surface area contributed by atoms with Crippen LogP contribution in [0.1, 0.15) is 36.1 Å². The van der Waals surface area contributed by atoms with Crippen molar-refractivity contribution in [3.63, 3.8) is 0 Å². The maximum Gasteiger partial charge on any atom is 0.243 e. The molecule has 1 fully saturated rings. The van der Waals surface area contributed by atoms with Gasteiger partial charge in [0.25, 0.3) is 0 Å². The lowest BCUT2D eigenvalue weighted by Crippen LogP contribution is -2.59. The smallest absolute Gasteiger partial charge is 0.207 e. The third-order valence-corrected chi connectivity index (χ3v) is 9.99. The zero-order chi connectivity index (χ0) is 22.4. The van der Waals surface area contributed by atoms with Gasteiger partial charge in [0, 0.05) is 25.2 Å². The molecule has 0 aliphatic carbocycles. The molecule has 1 aliphatic heterocycles. The molecular formula is C22H30N2O4S2. The largest absolute Gasteiger partial charge is 0.243 e. The molecular weight excluding hydrogens is 420 g/mol. The highest BCUT2D eigenvalue weighted by atomic mass is 32.2. The molecule has 6 nitrogen and oxygen atoms in total. The normalized spacial score (nSPS) is 21.7. The van der Waals surface area contributed by atoms with Crippen LogP contribution >= 0.6 is 0 Å². The van der Waals surface area contributed by atoms with Crippen molar-refractivity contribution < 1.29 is 16.8 Å². The lowest BCUT2D eigenvalue weighted by molar-refractivity contribution is 0.163. The van der Waals surface area contributed by atoms with Gasteiger partial charge in [-0.15, -0.1) is 0 Å². The molecule has 0 amide bonds. The van der Waals surface area contributed by atoms with E-state index >= 15 is 0 Å². The van der Waals surface area contributed by atoms with Crippen LogP contribution in [0.3, 0.4) is 0 Å². The number of sulfonamides is 2. The Morgan fingerprint density at radius 1 is 0.667 bits per heavy atom. The molecule has 30 heavy (non-hydrogen) atoms. The number of benzene rings is 2. The molecule has 1 heterocycles. The maximum atomic E-state index is 13.4. The van der Waals surface area contributed by atoms with Gasteiger partial charge in [-0.1, -0.05) is 35.4 Å². The topological polar surface area (TPSA) is 74.8 Å². The summed E-state index contributed by atoms with van der Waals surface area (Å²) in [7, 11) is -7.45. The van der Waals surface area contributed by atoms with Gasteiger partial charge in [0.05, 0.1) is 9.79 Å². The van der Waals surface area contributed by atoms with Gasteiger partial charge in [-0.2, -0.15) is 8.61 Å². The van der Waals surface area contributed by atoms with E-state index in [1.54, 1.807) is 52.0 Å². The summed E-state index contributed by atoms with van der Waals surface area (Å²) in [5.41, 5.74) is 3.38. The fraction of sp³-hybridized carbons (Fsp3) is 0.455. The lowest BCUT2D eigenvalue weighted by Gasteiger charge is -2.42. The molecule has 2 aromatic rings. The first-order valence-electron chi connectivity index (χ1n) is 10.0. The molecule has 2 atom stereocenters. The minimum absolute atomic E-state index is 0.112. The summed E-state index contributed by atoms with van der Waals surface area (Å²) >= 11 is 0. The summed E-state index contributed by atoms with van der Waals surface area (Å²) in [5.74, 6) is 0. The summed E-state index contributed by atoms with van der Waals surface area (Å²) in [6.07, 6.45) is 0. The molecule has 0 bridgehead atoms. The zero-order valence-electron chi connectivity index (χ0n) is 18.4. The van der Waals surface area contributed by atoms with E-state index in [1.807, 2.05) is 26.0 Å². The van der Waals surface area contributed by atoms with Crippen molar-refractivity contribution in [2.24, 2.45) is 0 Å². The Morgan fingerprint density at radius 3 is 1.30 bits per heavy atom. The molecule has 0 saturated carbocycles. The summed E-state index contributed by atoms with van der Waals surface area (Å²) < 4.78 is 56.3. The first-order valence-corrected chi connectivity index (χ1v) is 12.9. The van der Waals surface area contributed by atoms with Gasteiger partial charge in [0.15, 0.2) is 0 Å². The Labute approximate surface area is 180 Å². The highest BCUT2D eigenvalue weighted by molar-refractivity contribution is 7.89. The zero-order valence-corrected chi connectivity index (χ0v) is 20.0. The second kappa shape index (κ2) is 8.07. The highest BCUT2D eigenvalue weighted by Crippen LogP contribution is 2.30. The number of nitrogens with zero attached hydrogens (tertiary/aromatic N) is 2. The van der Waals surface area contributed by atoms with Crippen molar-refractivity contribution in [1.82, 2.24) is 8.61 Å². The number of hydrogen-bond donors (Lipinski definition) is 0. The second-order valence-electron chi connectivity index (χ2n) is 8.39. The standard InChI is InChI=1S/C22H30N2O4S2/c1-15-7-9-21(17(3)11-15)29(25,26)23-13-20(6)24(14-19(23)5)30(27,28)22-10-8-16(2)12-18(22)4/h7-12,19-20H,13-14H2,1-6H3. The Bertz CT molecular complexity index is 1080. The van der Waals surface area contributed by atoms with Crippen LogP contribution < -0.4 is 0 Å². The summed E-state index contributed by atoms with van der Waals surface area (Å²) in [6, 6.07) is 9.58. The Balaban J connectivity index is 1.93. The van der Waals surface area contributed by atoms with Crippen molar-refractivity contribution in [2.45, 2.75) is 63.4 Å². The number of aryl methyl sites for hydroxylation is 4. The van der Waals surface area contributed by atoms with Crippen molar-refractivity contribution in [3.8, 4) is 0 Å². The molecule has 0 radical (unpaired) electrons. The van der Waals surface area contributed by atoms with Gasteiger partial charge in [-0.25, -0.2) is 16.8 Å². The quantitative estimate of drug-likeness (QED) is 0.716. The van der Waals surface area contributed by atoms with E-state index in [1.165, 1.54) is 8.61 Å². The maximum absolute atomic E-state index is 13.4. The van der Waals surface area contributed by atoms with E-state index in [2.05, 4.69) is 0 Å². The van der Waals surface area contributed by atoms with Crippen LogP contribution in [0.2, 0.25) is 0 Å². The molecule has 2 unspecified atom stereocenters. The van der Waals surface area contributed by atoms with Gasteiger partial charge in [-0.05, 0) is 64.8 Å². The Morgan fingerprint density at radius 2 is 1.00 bits per heavy atom. The third kappa shape index (κ3) is 4.06. The van der Waals surface area contributed by atoms with Gasteiger partial charge >= 0.3 is 0 Å². The number of rotatable bonds is 4. The van der Waals surface area contributed by atoms with Crippen LogP contribution in [0.5, 0.6) is 0 Å². The summed E-state index contributed by atoms with van der Waals surface area (Å²) in [4.78, 5) is 0.552. The van der Waals surface area contributed by atoms with Gasteiger partial charge in [0.2, 0.25) is 20.0 Å². The fourth-order valence-corrected chi connectivity index (χ4v) is 7.98. The summed E-state index contributed by atoms with van der Waals surface area (Å²) in [6.45, 7) is 11.2. The monoisotopic (exact) mass is 450 g/mol. The van der Waals surface area contributed by atoms with Crippen LogP contribution in [-0.2, 0) is 20.0 Å². The average Bonchev–Trinajstić information content (AvgIpc) is 2.62. The average molecular weight is 451 g/mol. The molecule has 0 aromatic heterocycles. The molecule has 0 N–H and O–H groups in total. The van der Waals surface area contributed by atoms with E-state index in [9.17, 15) is 16.8 Å². The van der Waals surface area contributed by atoms with Crippen LogP contribution in [0.15, 0.2) is 46.2 Å². The predicted octanol–water partition coefficient (Wildman–Crippen LogP) is 3.39. The van der Waals surface area contributed by atoms with E-state index in [4.69, 9.17) is 0 Å². The molecule has 164 valence electrons. The minimum atomic E-state index is -3.73. The Kier molecular flexibility index (Phi) is 6.17. The molecule has 1 saturated heterocycles. The fourth-order valence-electron chi connectivity index (χ4n) is 4.16. The first-order chi connectivity index (χ1) is 13.9. The van der Waals surface area contributed by atoms with Crippen molar-refractivity contribution in [3.05, 3.63) is 58.7 Å². The van der Waals surface area contributed by atoms with Gasteiger partial charge in [-0.3, -0.25) is 0 Å². The van der Waals surface area contributed by atoms with Crippen molar-refractivity contribution >= 4 is 20.0 Å². The minimum Gasteiger partial charge on any atom is -0.207 e. The van der Waals surface area contributed by atoms with E-state index < -0.39 is 32.1 Å². The molecule has 2 aromatic carbocycles. The Hall–Kier alpha value is -1.74. The van der Waals surface area contributed by atoms with Crippen LogP contribution in [0.4, 0.5) is 0 Å². The van der Waals surface area contributed by atoms with Gasteiger partial charge < -0.3 is 0 Å². The SMILES string of the molecule is Cc1ccc(S(=O)(=O)N2CC(C)N(S(=O)(=O)c3ccc(C)cc3C)CC2C)c(C)c1. The molecule has 8 heteroatoms. The molecule has 1 aliphatic rings. The number of hydrogen-bond acceptors (Lipinski definition) is 4. The molecule has 3 rings (SSSR count). The van der Waals surface area contributed by atoms with E-state index in [0.29, 0.717) is 11.1 Å². The van der Waals surface area contributed by atoms with E-state index in [-0.39, 0.29) is 22.9 Å². The summed E-state index contributed by atoms with van der Waals surface area (Å²) in [5, 5.41) is 0. The van der Waals surface area contributed by atoms with Gasteiger partial charge in [0.1, 0.15) is 0 Å². The van der Waals surface area contributed by atoms with Crippen molar-refractivity contribution in [1.29, 1.82) is 0 Å². The second-order valence-corrected chi connectivity index (χ2v) is 12.1. The van der Waals surface area contributed by atoms with Crippen LogP contribution in [-0.4, -0.2) is 50.6 Å². The highest BCUT2D eigenvalue weighted by Gasteiger charge is 2.42.